The van der Waals surface area contributed by atoms with Gasteiger partial charge in [-0.15, -0.1) is 11.3 Å². The Morgan fingerprint density at radius 1 is 1.21 bits per heavy atom. The van der Waals surface area contributed by atoms with E-state index in [0.717, 1.165) is 42.3 Å². The number of fused-ring (bicyclic) bond motifs is 1. The van der Waals surface area contributed by atoms with Crippen LogP contribution in [-0.4, -0.2) is 63.6 Å². The predicted octanol–water partition coefficient (Wildman–Crippen LogP) is 4.33. The van der Waals surface area contributed by atoms with Crippen LogP contribution in [0.25, 0.3) is 20.8 Å². The van der Waals surface area contributed by atoms with Gasteiger partial charge in [-0.1, -0.05) is 0 Å². The molecule has 1 aliphatic carbocycles. The summed E-state index contributed by atoms with van der Waals surface area (Å²) >= 11 is 1.49. The highest BCUT2D eigenvalue weighted by atomic mass is 32.1. The minimum atomic E-state index is -4.51. The summed E-state index contributed by atoms with van der Waals surface area (Å²) in [6.45, 7) is 3.29. The lowest BCUT2D eigenvalue weighted by molar-refractivity contribution is -0.207. The number of nitrogens with one attached hydrogen (secondary N) is 2. The number of thiazole rings is 1. The van der Waals surface area contributed by atoms with Gasteiger partial charge in [-0.3, -0.25) is 4.98 Å². The zero-order valence-electron chi connectivity index (χ0n) is 19.1. The first kappa shape index (κ1) is 24.6. The summed E-state index contributed by atoms with van der Waals surface area (Å²) in [5.74, 6) is 0.793. The van der Waals surface area contributed by atoms with Crippen LogP contribution >= 0.6 is 11.3 Å². The first-order valence-electron chi connectivity index (χ1n) is 11.0. The van der Waals surface area contributed by atoms with Crippen molar-refractivity contribution in [2.45, 2.75) is 51.4 Å². The standard InChI is InChI=1S/C22H27F3N6O2S/c1-11-17(20-30-18-12(2)26-7-6-15(18)34-20)19(29-14-5-4-13(8-14)10-32)31-21(28-11)27-9-16(33-3)22(23,24)25/h6-7,13-14,16,32H,4-5,8-10H2,1-3H3,(H2,27,28,29,31). The summed E-state index contributed by atoms with van der Waals surface area (Å²) in [5, 5.41) is 16.3. The molecule has 0 amide bonds. The number of hydrogen-bond donors (Lipinski definition) is 3. The largest absolute Gasteiger partial charge is 0.416 e. The van der Waals surface area contributed by atoms with Gasteiger partial charge in [0, 0.05) is 26.0 Å². The van der Waals surface area contributed by atoms with E-state index in [2.05, 4.69) is 30.3 Å². The average Bonchev–Trinajstić information content (AvgIpc) is 3.40. The molecule has 34 heavy (non-hydrogen) atoms. The molecule has 184 valence electrons. The maximum Gasteiger partial charge on any atom is 0.416 e. The van der Waals surface area contributed by atoms with Crippen molar-refractivity contribution in [1.29, 1.82) is 0 Å². The predicted molar refractivity (Wildman–Crippen MR) is 125 cm³/mol. The number of hydrogen-bond acceptors (Lipinski definition) is 9. The SMILES string of the molecule is COC(CNc1nc(C)c(-c2nc3c(C)nccc3s2)c(NC2CCC(CO)C2)n1)C(F)(F)F. The lowest BCUT2D eigenvalue weighted by Crippen LogP contribution is -2.37. The van der Waals surface area contributed by atoms with Crippen molar-refractivity contribution in [3.8, 4) is 10.6 Å². The second-order valence-electron chi connectivity index (χ2n) is 8.47. The number of alkyl halides is 3. The summed E-state index contributed by atoms with van der Waals surface area (Å²) in [5.41, 5.74) is 2.90. The van der Waals surface area contributed by atoms with E-state index in [1.54, 1.807) is 13.1 Å². The molecule has 3 unspecified atom stereocenters. The number of anilines is 2. The Morgan fingerprint density at radius 2 is 2.00 bits per heavy atom. The van der Waals surface area contributed by atoms with Crippen LogP contribution in [0.15, 0.2) is 12.3 Å². The lowest BCUT2D eigenvalue weighted by atomic mass is 10.1. The Labute approximate surface area is 199 Å². The van der Waals surface area contributed by atoms with Crippen molar-refractivity contribution in [1.82, 2.24) is 19.9 Å². The molecule has 0 saturated heterocycles. The van der Waals surface area contributed by atoms with E-state index < -0.39 is 18.8 Å². The Balaban J connectivity index is 1.70. The van der Waals surface area contributed by atoms with E-state index in [1.807, 2.05) is 13.0 Å². The van der Waals surface area contributed by atoms with Gasteiger partial charge >= 0.3 is 6.18 Å². The fraction of sp³-hybridized carbons (Fsp3) is 0.545. The molecule has 1 saturated carbocycles. The second-order valence-corrected chi connectivity index (χ2v) is 9.50. The van der Waals surface area contributed by atoms with Gasteiger partial charge in [-0.05, 0) is 45.1 Å². The van der Waals surface area contributed by atoms with Gasteiger partial charge in [-0.2, -0.15) is 18.2 Å². The number of aromatic nitrogens is 4. The van der Waals surface area contributed by atoms with Crippen molar-refractivity contribution in [2.24, 2.45) is 5.92 Å². The Morgan fingerprint density at radius 3 is 2.65 bits per heavy atom. The van der Waals surface area contributed by atoms with E-state index in [9.17, 15) is 18.3 Å². The summed E-state index contributed by atoms with van der Waals surface area (Å²) in [6.07, 6.45) is -2.22. The van der Waals surface area contributed by atoms with Crippen LogP contribution in [0.3, 0.4) is 0 Å². The van der Waals surface area contributed by atoms with Crippen LogP contribution < -0.4 is 10.6 Å². The summed E-state index contributed by atoms with van der Waals surface area (Å²) in [4.78, 5) is 18.0. The summed E-state index contributed by atoms with van der Waals surface area (Å²) in [6, 6.07) is 1.98. The minimum absolute atomic E-state index is 0.0747. The molecule has 0 radical (unpaired) electrons. The molecule has 3 heterocycles. The topological polar surface area (TPSA) is 105 Å². The van der Waals surface area contributed by atoms with Crippen LogP contribution in [0, 0.1) is 19.8 Å². The highest BCUT2D eigenvalue weighted by Crippen LogP contribution is 2.38. The van der Waals surface area contributed by atoms with Crippen molar-refractivity contribution in [2.75, 3.05) is 30.9 Å². The zero-order chi connectivity index (χ0) is 24.5. The fourth-order valence-corrected chi connectivity index (χ4v) is 5.29. The fourth-order valence-electron chi connectivity index (χ4n) is 4.18. The Kier molecular flexibility index (Phi) is 7.20. The third-order valence-corrected chi connectivity index (χ3v) is 7.07. The summed E-state index contributed by atoms with van der Waals surface area (Å²) < 4.78 is 44.8. The molecule has 4 rings (SSSR count). The molecule has 0 spiro atoms. The van der Waals surface area contributed by atoms with Gasteiger partial charge in [-0.25, -0.2) is 9.97 Å². The molecule has 0 aromatic carbocycles. The molecule has 0 bridgehead atoms. The quantitative estimate of drug-likeness (QED) is 0.423. The molecule has 3 aromatic rings. The second kappa shape index (κ2) is 9.96. The minimum Gasteiger partial charge on any atom is -0.396 e. The number of nitrogens with zero attached hydrogens (tertiary/aromatic N) is 4. The molecule has 3 atom stereocenters. The third-order valence-electron chi connectivity index (χ3n) is 6.03. The first-order chi connectivity index (χ1) is 16.2. The monoisotopic (exact) mass is 496 g/mol. The highest BCUT2D eigenvalue weighted by molar-refractivity contribution is 7.21. The van der Waals surface area contributed by atoms with Crippen LogP contribution in [0.5, 0.6) is 0 Å². The number of rotatable bonds is 8. The van der Waals surface area contributed by atoms with Gasteiger partial charge in [0.2, 0.25) is 5.95 Å². The number of methoxy groups -OCH3 is 1. The third kappa shape index (κ3) is 5.23. The number of halogens is 3. The normalized spacial score (nSPS) is 19.5. The van der Waals surface area contributed by atoms with Gasteiger partial charge in [0.05, 0.1) is 28.2 Å². The number of aliphatic hydroxyl groups excluding tert-OH is 1. The number of ether oxygens (including phenoxy) is 1. The number of aliphatic hydroxyl groups is 1. The Bertz CT molecular complexity index is 1160. The van der Waals surface area contributed by atoms with Crippen molar-refractivity contribution in [3.05, 3.63) is 23.7 Å². The number of aryl methyl sites for hydroxylation is 2. The zero-order valence-corrected chi connectivity index (χ0v) is 19.9. The molecule has 12 heteroatoms. The molecule has 1 aliphatic rings. The molecular formula is C22H27F3N6O2S. The number of pyridine rings is 1. The smallest absolute Gasteiger partial charge is 0.396 e. The van der Waals surface area contributed by atoms with Crippen LogP contribution in [0.1, 0.15) is 30.7 Å². The van der Waals surface area contributed by atoms with E-state index in [1.165, 1.54) is 11.3 Å². The van der Waals surface area contributed by atoms with E-state index in [0.29, 0.717) is 22.1 Å². The maximum absolute atomic E-state index is 13.1. The van der Waals surface area contributed by atoms with Gasteiger partial charge in [0.1, 0.15) is 16.3 Å². The first-order valence-corrected chi connectivity index (χ1v) is 11.8. The highest BCUT2D eigenvalue weighted by Gasteiger charge is 2.40. The van der Waals surface area contributed by atoms with Crippen LogP contribution in [0.4, 0.5) is 24.9 Å². The molecule has 0 aliphatic heterocycles. The van der Waals surface area contributed by atoms with Crippen LogP contribution in [0.2, 0.25) is 0 Å². The lowest BCUT2D eigenvalue weighted by Gasteiger charge is -2.21. The van der Waals surface area contributed by atoms with Crippen LogP contribution in [-0.2, 0) is 4.74 Å². The van der Waals surface area contributed by atoms with Gasteiger partial charge in [0.25, 0.3) is 0 Å². The van der Waals surface area contributed by atoms with E-state index in [-0.39, 0.29) is 24.5 Å². The average molecular weight is 497 g/mol. The Hall–Kier alpha value is -2.57. The van der Waals surface area contributed by atoms with Crippen molar-refractivity contribution >= 4 is 33.3 Å². The van der Waals surface area contributed by atoms with Gasteiger partial charge in [0.15, 0.2) is 6.10 Å². The van der Waals surface area contributed by atoms with Crippen molar-refractivity contribution in [3.63, 3.8) is 0 Å². The molecule has 3 aromatic heterocycles. The molecule has 3 N–H and O–H groups in total. The van der Waals surface area contributed by atoms with E-state index >= 15 is 0 Å². The van der Waals surface area contributed by atoms with Gasteiger partial charge < -0.3 is 20.5 Å². The van der Waals surface area contributed by atoms with Crippen molar-refractivity contribution < 1.29 is 23.0 Å². The molecular weight excluding hydrogens is 469 g/mol. The maximum atomic E-state index is 13.1. The molecule has 8 nitrogen and oxygen atoms in total. The molecule has 1 fully saturated rings. The summed E-state index contributed by atoms with van der Waals surface area (Å²) in [7, 11) is 1.02. The van der Waals surface area contributed by atoms with E-state index in [4.69, 9.17) is 4.98 Å².